The lowest BCUT2D eigenvalue weighted by Crippen LogP contribution is -2.38. The van der Waals surface area contributed by atoms with Crippen LogP contribution in [0.2, 0.25) is 0 Å². The van der Waals surface area contributed by atoms with Crippen LogP contribution in [-0.4, -0.2) is 33.9 Å². The van der Waals surface area contributed by atoms with Crippen LogP contribution in [0.15, 0.2) is 28.5 Å². The van der Waals surface area contributed by atoms with Crippen LogP contribution in [0.25, 0.3) is 6.08 Å². The first-order chi connectivity index (χ1) is 8.56. The van der Waals surface area contributed by atoms with E-state index in [9.17, 15) is 4.79 Å². The average Bonchev–Trinajstić information content (AvgIpc) is 2.93. The molecule has 5 heteroatoms. The number of likely N-dealkylation sites (N-methyl/N-ethyl adjacent to an activating group) is 1. The van der Waals surface area contributed by atoms with E-state index in [1.807, 2.05) is 19.9 Å². The largest absolute Gasteiger partial charge is 0.465 e. The minimum atomic E-state index is -0.0618. The molecule has 1 amide bonds. The number of amides is 1. The Hall–Kier alpha value is -1.62. The molecule has 1 aromatic heterocycles. The summed E-state index contributed by atoms with van der Waals surface area (Å²) < 4.78 is 5.23. The van der Waals surface area contributed by atoms with Crippen LogP contribution >= 0.6 is 12.2 Å². The SMILES string of the molecule is CCC(C)N1C(=O)/C(=C\c2ccco2)N(C)C1=S. The van der Waals surface area contributed by atoms with Gasteiger partial charge < -0.3 is 9.32 Å². The molecule has 1 saturated heterocycles. The summed E-state index contributed by atoms with van der Waals surface area (Å²) in [5.41, 5.74) is 0.551. The fraction of sp³-hybridized carbons (Fsp3) is 0.385. The van der Waals surface area contributed by atoms with Crippen molar-refractivity contribution in [2.24, 2.45) is 0 Å². The van der Waals surface area contributed by atoms with Gasteiger partial charge in [0, 0.05) is 19.2 Å². The summed E-state index contributed by atoms with van der Waals surface area (Å²) >= 11 is 5.32. The first-order valence-electron chi connectivity index (χ1n) is 5.92. The van der Waals surface area contributed by atoms with E-state index in [4.69, 9.17) is 16.6 Å². The van der Waals surface area contributed by atoms with Crippen LogP contribution in [0, 0.1) is 0 Å². The number of nitrogens with zero attached hydrogens (tertiary/aromatic N) is 2. The Balaban J connectivity index is 2.34. The van der Waals surface area contributed by atoms with Crippen LogP contribution in [0.4, 0.5) is 0 Å². The van der Waals surface area contributed by atoms with Gasteiger partial charge in [-0.15, -0.1) is 0 Å². The zero-order valence-corrected chi connectivity index (χ0v) is 11.5. The molecule has 2 rings (SSSR count). The number of rotatable bonds is 3. The van der Waals surface area contributed by atoms with Crippen LogP contribution in [0.5, 0.6) is 0 Å². The lowest BCUT2D eigenvalue weighted by atomic mass is 10.2. The van der Waals surface area contributed by atoms with E-state index < -0.39 is 0 Å². The molecule has 4 nitrogen and oxygen atoms in total. The third kappa shape index (κ3) is 2.06. The summed E-state index contributed by atoms with van der Waals surface area (Å²) in [4.78, 5) is 15.7. The predicted molar refractivity (Wildman–Crippen MR) is 73.6 cm³/mol. The quantitative estimate of drug-likeness (QED) is 0.621. The van der Waals surface area contributed by atoms with Crippen molar-refractivity contribution in [3.63, 3.8) is 0 Å². The fourth-order valence-corrected chi connectivity index (χ4v) is 2.22. The summed E-state index contributed by atoms with van der Waals surface area (Å²) in [6, 6.07) is 3.70. The molecule has 0 aromatic carbocycles. The second-order valence-electron chi connectivity index (χ2n) is 4.32. The number of hydrogen-bond acceptors (Lipinski definition) is 3. The molecular formula is C13H16N2O2S. The van der Waals surface area contributed by atoms with Gasteiger partial charge in [-0.1, -0.05) is 6.92 Å². The second kappa shape index (κ2) is 4.94. The maximum absolute atomic E-state index is 12.3. The monoisotopic (exact) mass is 264 g/mol. The molecule has 96 valence electrons. The molecule has 0 spiro atoms. The molecule has 0 radical (unpaired) electrons. The topological polar surface area (TPSA) is 36.7 Å². The number of thiocarbonyl (C=S) groups is 1. The summed E-state index contributed by atoms with van der Waals surface area (Å²) in [6.07, 6.45) is 4.17. The van der Waals surface area contributed by atoms with Crippen molar-refractivity contribution in [3.05, 3.63) is 29.9 Å². The molecule has 2 heterocycles. The van der Waals surface area contributed by atoms with Gasteiger partial charge in [-0.05, 0) is 37.7 Å². The maximum atomic E-state index is 12.3. The fourth-order valence-electron chi connectivity index (χ4n) is 1.86. The molecule has 1 fully saturated rings. The Labute approximate surface area is 112 Å². The van der Waals surface area contributed by atoms with Crippen molar-refractivity contribution < 1.29 is 9.21 Å². The molecule has 1 unspecified atom stereocenters. The lowest BCUT2D eigenvalue weighted by Gasteiger charge is -2.22. The highest BCUT2D eigenvalue weighted by molar-refractivity contribution is 7.80. The van der Waals surface area contributed by atoms with Crippen LogP contribution in [0.3, 0.4) is 0 Å². The number of hydrogen-bond donors (Lipinski definition) is 0. The second-order valence-corrected chi connectivity index (χ2v) is 4.68. The Bertz CT molecular complexity index is 493. The minimum Gasteiger partial charge on any atom is -0.465 e. The molecule has 1 aromatic rings. The molecule has 0 N–H and O–H groups in total. The van der Waals surface area contributed by atoms with Gasteiger partial charge in [0.2, 0.25) is 0 Å². The predicted octanol–water partition coefficient (Wildman–Crippen LogP) is 2.48. The minimum absolute atomic E-state index is 0.0618. The van der Waals surface area contributed by atoms with Crippen molar-refractivity contribution in [1.29, 1.82) is 0 Å². The van der Waals surface area contributed by atoms with E-state index in [1.54, 1.807) is 35.3 Å². The van der Waals surface area contributed by atoms with E-state index in [0.29, 0.717) is 16.6 Å². The molecule has 0 bridgehead atoms. The standard InChI is InChI=1S/C13H16N2O2S/c1-4-9(2)15-12(16)11(14(3)13(15)18)8-10-6-5-7-17-10/h5-9H,4H2,1-3H3/b11-8+. The average molecular weight is 264 g/mol. The smallest absolute Gasteiger partial charge is 0.277 e. The van der Waals surface area contributed by atoms with Gasteiger partial charge in [0.1, 0.15) is 11.5 Å². The highest BCUT2D eigenvalue weighted by atomic mass is 32.1. The van der Waals surface area contributed by atoms with E-state index in [-0.39, 0.29) is 11.9 Å². The van der Waals surface area contributed by atoms with Crippen molar-refractivity contribution >= 4 is 29.3 Å². The lowest BCUT2D eigenvalue weighted by molar-refractivity contribution is -0.123. The van der Waals surface area contributed by atoms with Crippen molar-refractivity contribution in [3.8, 4) is 0 Å². The first-order valence-corrected chi connectivity index (χ1v) is 6.33. The van der Waals surface area contributed by atoms with Crippen molar-refractivity contribution in [2.45, 2.75) is 26.3 Å². The zero-order chi connectivity index (χ0) is 13.3. The molecule has 0 saturated carbocycles. The van der Waals surface area contributed by atoms with E-state index in [0.717, 1.165) is 6.42 Å². The molecule has 1 atom stereocenters. The molecule has 18 heavy (non-hydrogen) atoms. The van der Waals surface area contributed by atoms with Gasteiger partial charge in [-0.3, -0.25) is 9.69 Å². The molecule has 0 aliphatic carbocycles. The summed E-state index contributed by atoms with van der Waals surface area (Å²) in [6.45, 7) is 4.03. The summed E-state index contributed by atoms with van der Waals surface area (Å²) in [7, 11) is 1.80. The Morgan fingerprint density at radius 2 is 2.28 bits per heavy atom. The Kier molecular flexibility index (Phi) is 3.52. The van der Waals surface area contributed by atoms with Crippen LogP contribution in [0.1, 0.15) is 26.0 Å². The van der Waals surface area contributed by atoms with Gasteiger partial charge in [0.15, 0.2) is 5.11 Å². The molecule has 1 aliphatic heterocycles. The first kappa shape index (κ1) is 12.8. The van der Waals surface area contributed by atoms with Gasteiger partial charge in [-0.25, -0.2) is 0 Å². The normalized spacial score (nSPS) is 20.1. The highest BCUT2D eigenvalue weighted by Crippen LogP contribution is 2.24. The summed E-state index contributed by atoms with van der Waals surface area (Å²) in [5.74, 6) is 0.590. The van der Waals surface area contributed by atoms with E-state index in [1.165, 1.54) is 0 Å². The summed E-state index contributed by atoms with van der Waals surface area (Å²) in [5, 5.41) is 0.548. The Morgan fingerprint density at radius 3 is 2.83 bits per heavy atom. The maximum Gasteiger partial charge on any atom is 0.277 e. The van der Waals surface area contributed by atoms with Crippen molar-refractivity contribution in [2.75, 3.05) is 7.05 Å². The highest BCUT2D eigenvalue weighted by Gasteiger charge is 2.38. The Morgan fingerprint density at radius 1 is 1.56 bits per heavy atom. The number of carbonyl (C=O) groups is 1. The number of furan rings is 1. The van der Waals surface area contributed by atoms with Gasteiger partial charge >= 0.3 is 0 Å². The van der Waals surface area contributed by atoms with E-state index >= 15 is 0 Å². The zero-order valence-electron chi connectivity index (χ0n) is 10.7. The molecular weight excluding hydrogens is 248 g/mol. The number of carbonyl (C=O) groups excluding carboxylic acids is 1. The van der Waals surface area contributed by atoms with Crippen molar-refractivity contribution in [1.82, 2.24) is 9.80 Å². The van der Waals surface area contributed by atoms with Crippen LogP contribution < -0.4 is 0 Å². The molecule has 1 aliphatic rings. The van der Waals surface area contributed by atoms with E-state index in [2.05, 4.69) is 0 Å². The third-order valence-corrected chi connectivity index (χ3v) is 3.62. The third-order valence-electron chi connectivity index (χ3n) is 3.15. The van der Waals surface area contributed by atoms with Gasteiger partial charge in [0.25, 0.3) is 5.91 Å². The van der Waals surface area contributed by atoms with Crippen LogP contribution in [-0.2, 0) is 4.79 Å². The van der Waals surface area contributed by atoms with Gasteiger partial charge in [0.05, 0.1) is 6.26 Å². The van der Waals surface area contributed by atoms with Gasteiger partial charge in [-0.2, -0.15) is 0 Å².